The normalized spacial score (nSPS) is 12.0. The van der Waals surface area contributed by atoms with E-state index in [4.69, 9.17) is 25.4 Å². The molecule has 140 valence electrons. The number of esters is 1. The van der Waals surface area contributed by atoms with E-state index in [0.29, 0.717) is 0 Å². The molecule has 1 aromatic carbocycles. The number of ether oxygens (including phenoxy) is 2. The number of hydrogen-bond donors (Lipinski definition) is 4. The first-order valence-electron chi connectivity index (χ1n) is 7.56. The predicted octanol–water partition coefficient (Wildman–Crippen LogP) is 0.255. The van der Waals surface area contributed by atoms with Gasteiger partial charge in [0.2, 0.25) is 0 Å². The molecule has 0 bridgehead atoms. The van der Waals surface area contributed by atoms with E-state index in [1.807, 2.05) is 30.3 Å². The number of nitrogens with two attached hydrogens (primary N) is 1. The van der Waals surface area contributed by atoms with E-state index < -0.39 is 30.2 Å². The highest BCUT2D eigenvalue weighted by atomic mass is 16.6. The van der Waals surface area contributed by atoms with Crippen LogP contribution in [-0.2, 0) is 25.7 Å². The first-order chi connectivity index (χ1) is 11.8. The van der Waals surface area contributed by atoms with Gasteiger partial charge in [-0.1, -0.05) is 30.3 Å². The Hall–Kier alpha value is -2.65. The summed E-state index contributed by atoms with van der Waals surface area (Å²) < 4.78 is 9.73. The van der Waals surface area contributed by atoms with Crippen molar-refractivity contribution in [1.82, 2.24) is 5.32 Å². The van der Waals surface area contributed by atoms with E-state index in [-0.39, 0.29) is 19.8 Å². The summed E-state index contributed by atoms with van der Waals surface area (Å²) in [7, 11) is 0. The summed E-state index contributed by atoms with van der Waals surface area (Å²) in [4.78, 5) is 32.3. The molecule has 0 saturated carbocycles. The number of alkyl carbamates (subject to hydrolysis) is 1. The molecule has 5 N–H and O–H groups in total. The first-order valence-corrected chi connectivity index (χ1v) is 7.56. The second-order valence-corrected chi connectivity index (χ2v) is 4.77. The van der Waals surface area contributed by atoms with Gasteiger partial charge in [0, 0.05) is 6.54 Å². The van der Waals surface area contributed by atoms with Crippen molar-refractivity contribution in [3.63, 3.8) is 0 Å². The van der Waals surface area contributed by atoms with Crippen molar-refractivity contribution >= 4 is 18.0 Å². The molecule has 0 aliphatic carbocycles. The molecule has 2 atom stereocenters. The maximum absolute atomic E-state index is 11.4. The van der Waals surface area contributed by atoms with Crippen molar-refractivity contribution in [2.24, 2.45) is 5.73 Å². The lowest BCUT2D eigenvalue weighted by Crippen LogP contribution is -2.39. The number of hydrogen-bond acceptors (Lipinski definition) is 7. The molecule has 1 rings (SSSR count). The van der Waals surface area contributed by atoms with Crippen LogP contribution >= 0.6 is 0 Å². The third kappa shape index (κ3) is 10.7. The number of amides is 1. The highest BCUT2D eigenvalue weighted by Gasteiger charge is 2.17. The molecule has 9 nitrogen and oxygen atoms in total. The molecular formula is C16H24N2O7. The molecule has 0 aliphatic rings. The number of rotatable bonds is 7. The largest absolute Gasteiger partial charge is 0.479 e. The number of aliphatic hydroxyl groups excluding tert-OH is 1. The lowest BCUT2D eigenvalue weighted by Gasteiger charge is -2.12. The Bertz CT molecular complexity index is 537. The Labute approximate surface area is 145 Å². The SMILES string of the molecule is CCOC(=O)[C@H](C)NC(=O)OCc1ccccc1.NCC(O)C(=O)O. The smallest absolute Gasteiger partial charge is 0.408 e. The summed E-state index contributed by atoms with van der Waals surface area (Å²) in [6.45, 7) is 3.47. The minimum absolute atomic E-state index is 0.169. The quantitative estimate of drug-likeness (QED) is 0.508. The van der Waals surface area contributed by atoms with Crippen LogP contribution in [0.3, 0.4) is 0 Å². The summed E-state index contributed by atoms with van der Waals surface area (Å²) >= 11 is 0. The Morgan fingerprint density at radius 1 is 1.20 bits per heavy atom. The standard InChI is InChI=1S/C13H17NO4.C3H7NO3/c1-3-17-12(15)10(2)14-13(16)18-9-11-7-5-4-6-8-11;4-1-2(5)3(6)7/h4-8,10H,3,9H2,1-2H3,(H,14,16);2,5H,1,4H2,(H,6,7)/t10-;/m0./s1. The van der Waals surface area contributed by atoms with Crippen molar-refractivity contribution in [1.29, 1.82) is 0 Å². The number of nitrogens with one attached hydrogen (secondary N) is 1. The molecule has 25 heavy (non-hydrogen) atoms. The summed E-state index contributed by atoms with van der Waals surface area (Å²) in [6, 6.07) is 8.58. The van der Waals surface area contributed by atoms with Crippen molar-refractivity contribution < 1.29 is 34.1 Å². The second-order valence-electron chi connectivity index (χ2n) is 4.77. The number of carboxylic acid groups (broad SMARTS) is 1. The summed E-state index contributed by atoms with van der Waals surface area (Å²) in [5, 5.41) is 18.5. The van der Waals surface area contributed by atoms with E-state index in [2.05, 4.69) is 5.32 Å². The Morgan fingerprint density at radius 3 is 2.24 bits per heavy atom. The lowest BCUT2D eigenvalue weighted by atomic mass is 10.2. The highest BCUT2D eigenvalue weighted by Crippen LogP contribution is 2.00. The highest BCUT2D eigenvalue weighted by molar-refractivity contribution is 5.80. The zero-order valence-electron chi connectivity index (χ0n) is 14.2. The van der Waals surface area contributed by atoms with Crippen LogP contribution in [0.2, 0.25) is 0 Å². The molecular weight excluding hydrogens is 332 g/mol. The molecule has 0 aromatic heterocycles. The van der Waals surface area contributed by atoms with Gasteiger partial charge in [-0.05, 0) is 19.4 Å². The maximum atomic E-state index is 11.4. The van der Waals surface area contributed by atoms with Crippen molar-refractivity contribution in [3.8, 4) is 0 Å². The summed E-state index contributed by atoms with van der Waals surface area (Å²) in [5.74, 6) is -1.75. The van der Waals surface area contributed by atoms with Crippen LogP contribution < -0.4 is 11.1 Å². The molecule has 0 spiro atoms. The Morgan fingerprint density at radius 2 is 1.80 bits per heavy atom. The molecule has 0 saturated heterocycles. The second kappa shape index (κ2) is 12.7. The number of aliphatic hydroxyl groups is 1. The molecule has 9 heteroatoms. The van der Waals surface area contributed by atoms with Crippen molar-refractivity contribution in [3.05, 3.63) is 35.9 Å². The molecule has 0 aliphatic heterocycles. The van der Waals surface area contributed by atoms with Gasteiger partial charge in [0.05, 0.1) is 6.61 Å². The van der Waals surface area contributed by atoms with Gasteiger partial charge in [-0.25, -0.2) is 14.4 Å². The fourth-order valence-corrected chi connectivity index (χ4v) is 1.37. The third-order valence-corrected chi connectivity index (χ3v) is 2.70. The van der Waals surface area contributed by atoms with Gasteiger partial charge < -0.3 is 30.7 Å². The van der Waals surface area contributed by atoms with E-state index in [9.17, 15) is 14.4 Å². The zero-order valence-corrected chi connectivity index (χ0v) is 14.2. The summed E-state index contributed by atoms with van der Waals surface area (Å²) in [6.07, 6.45) is -2.04. The lowest BCUT2D eigenvalue weighted by molar-refractivity contribution is -0.146. The summed E-state index contributed by atoms with van der Waals surface area (Å²) in [5.41, 5.74) is 5.63. The van der Waals surface area contributed by atoms with Crippen LogP contribution in [0.25, 0.3) is 0 Å². The minimum Gasteiger partial charge on any atom is -0.479 e. The maximum Gasteiger partial charge on any atom is 0.408 e. The van der Waals surface area contributed by atoms with Gasteiger partial charge >= 0.3 is 18.0 Å². The number of carboxylic acids is 1. The number of carbonyl (C=O) groups excluding carboxylic acids is 2. The number of carbonyl (C=O) groups is 3. The van der Waals surface area contributed by atoms with Gasteiger partial charge in [0.25, 0.3) is 0 Å². The molecule has 1 aromatic rings. The number of aliphatic carboxylic acids is 1. The van der Waals surface area contributed by atoms with Gasteiger partial charge in [-0.2, -0.15) is 0 Å². The van der Waals surface area contributed by atoms with Crippen molar-refractivity contribution in [2.75, 3.05) is 13.2 Å². The molecule has 0 heterocycles. The van der Waals surface area contributed by atoms with E-state index in [1.54, 1.807) is 13.8 Å². The Balaban J connectivity index is 0.000000697. The van der Waals surface area contributed by atoms with E-state index in [1.165, 1.54) is 0 Å². The minimum atomic E-state index is -1.40. The van der Waals surface area contributed by atoms with Gasteiger partial charge in [-0.3, -0.25) is 0 Å². The van der Waals surface area contributed by atoms with E-state index in [0.717, 1.165) is 5.56 Å². The fourth-order valence-electron chi connectivity index (χ4n) is 1.37. The van der Waals surface area contributed by atoms with Gasteiger partial charge in [0.1, 0.15) is 12.6 Å². The monoisotopic (exact) mass is 356 g/mol. The van der Waals surface area contributed by atoms with Gasteiger partial charge in [0.15, 0.2) is 6.10 Å². The van der Waals surface area contributed by atoms with Gasteiger partial charge in [-0.15, -0.1) is 0 Å². The topological polar surface area (TPSA) is 148 Å². The molecule has 0 fully saturated rings. The average Bonchev–Trinajstić information content (AvgIpc) is 2.60. The molecule has 1 amide bonds. The zero-order chi connectivity index (χ0) is 19.2. The molecule has 1 unspecified atom stereocenters. The predicted molar refractivity (Wildman–Crippen MR) is 88.6 cm³/mol. The first kappa shape index (κ1) is 22.4. The Kier molecular flexibility index (Phi) is 11.4. The van der Waals surface area contributed by atoms with Crippen LogP contribution in [0.5, 0.6) is 0 Å². The third-order valence-electron chi connectivity index (χ3n) is 2.70. The van der Waals surface area contributed by atoms with Crippen LogP contribution in [-0.4, -0.2) is 53.5 Å². The van der Waals surface area contributed by atoms with Crippen LogP contribution in [0.15, 0.2) is 30.3 Å². The van der Waals surface area contributed by atoms with Crippen molar-refractivity contribution in [2.45, 2.75) is 32.6 Å². The van der Waals surface area contributed by atoms with E-state index >= 15 is 0 Å². The fraction of sp³-hybridized carbons (Fsp3) is 0.438. The van der Waals surface area contributed by atoms with Crippen LogP contribution in [0.4, 0.5) is 4.79 Å². The number of benzene rings is 1. The van der Waals surface area contributed by atoms with Crippen LogP contribution in [0, 0.1) is 0 Å². The molecule has 0 radical (unpaired) electrons. The average molecular weight is 356 g/mol. The van der Waals surface area contributed by atoms with Crippen LogP contribution in [0.1, 0.15) is 19.4 Å².